The van der Waals surface area contributed by atoms with Crippen LogP contribution in [0.5, 0.6) is 0 Å². The molecule has 1 aromatic rings. The number of anilines is 2. The number of ether oxygens (including phenoxy) is 1. The molecule has 1 aromatic carbocycles. The normalized spacial score (nSPS) is 11.5. The fourth-order valence-electron chi connectivity index (χ4n) is 1.12. The van der Waals surface area contributed by atoms with Gasteiger partial charge in [0.25, 0.3) is 0 Å². The highest BCUT2D eigenvalue weighted by Gasteiger charge is 2.27. The average Bonchev–Trinajstić information content (AvgIpc) is 2.18. The Morgan fingerprint density at radius 3 is 2.65 bits per heavy atom. The quantitative estimate of drug-likeness (QED) is 0.482. The van der Waals surface area contributed by atoms with Crippen molar-refractivity contribution in [3.8, 4) is 0 Å². The molecule has 0 radical (unpaired) electrons. The van der Waals surface area contributed by atoms with Gasteiger partial charge in [0.05, 0.1) is 6.61 Å². The first kappa shape index (κ1) is 14.4. The molecule has 3 N–H and O–H groups in total. The highest BCUT2D eigenvalue weighted by atomic mass is 127. The Morgan fingerprint density at radius 2 is 2.06 bits per heavy atom. The van der Waals surface area contributed by atoms with E-state index in [9.17, 15) is 13.2 Å². The van der Waals surface area contributed by atoms with E-state index >= 15 is 0 Å². The minimum Gasteiger partial charge on any atom is -0.399 e. The van der Waals surface area contributed by atoms with Crippen LogP contribution in [0.15, 0.2) is 18.2 Å². The van der Waals surface area contributed by atoms with E-state index in [1.807, 2.05) is 0 Å². The van der Waals surface area contributed by atoms with Crippen molar-refractivity contribution in [3.63, 3.8) is 0 Å². The third-order valence-corrected chi connectivity index (χ3v) is 2.71. The zero-order valence-electron chi connectivity index (χ0n) is 8.85. The predicted octanol–water partition coefficient (Wildman–Crippen LogP) is 2.86. The monoisotopic (exact) mass is 360 g/mol. The van der Waals surface area contributed by atoms with Gasteiger partial charge in [-0.1, -0.05) is 0 Å². The molecular formula is C10H12F3IN2O. The number of alkyl halides is 3. The van der Waals surface area contributed by atoms with Gasteiger partial charge in [-0.2, -0.15) is 13.2 Å². The van der Waals surface area contributed by atoms with Crippen molar-refractivity contribution in [2.75, 3.05) is 30.8 Å². The summed E-state index contributed by atoms with van der Waals surface area (Å²) in [6.45, 7) is -0.899. The van der Waals surface area contributed by atoms with E-state index in [0.29, 0.717) is 12.2 Å². The Bertz CT molecular complexity index is 371. The van der Waals surface area contributed by atoms with Gasteiger partial charge in [-0.25, -0.2) is 0 Å². The van der Waals surface area contributed by atoms with Crippen LogP contribution in [0.4, 0.5) is 24.5 Å². The van der Waals surface area contributed by atoms with E-state index < -0.39 is 12.8 Å². The lowest BCUT2D eigenvalue weighted by atomic mass is 10.3. The van der Waals surface area contributed by atoms with Gasteiger partial charge in [-0.3, -0.25) is 0 Å². The third-order valence-electron chi connectivity index (χ3n) is 1.82. The molecule has 0 atom stereocenters. The van der Waals surface area contributed by atoms with Crippen LogP contribution in [-0.4, -0.2) is 25.9 Å². The smallest absolute Gasteiger partial charge is 0.399 e. The SMILES string of the molecule is Nc1ccc(NCCOCC(F)(F)F)c(I)c1. The molecule has 96 valence electrons. The highest BCUT2D eigenvalue weighted by molar-refractivity contribution is 14.1. The predicted molar refractivity (Wildman–Crippen MR) is 68.9 cm³/mol. The maximum atomic E-state index is 11.8. The van der Waals surface area contributed by atoms with Crippen molar-refractivity contribution in [1.29, 1.82) is 0 Å². The van der Waals surface area contributed by atoms with E-state index in [1.165, 1.54) is 0 Å². The number of rotatable bonds is 5. The molecule has 0 heterocycles. The van der Waals surface area contributed by atoms with E-state index in [4.69, 9.17) is 5.73 Å². The lowest BCUT2D eigenvalue weighted by Gasteiger charge is -2.10. The largest absolute Gasteiger partial charge is 0.411 e. The number of nitrogens with one attached hydrogen (secondary N) is 1. The first-order valence-electron chi connectivity index (χ1n) is 4.82. The molecule has 0 aliphatic heterocycles. The van der Waals surface area contributed by atoms with E-state index in [1.54, 1.807) is 18.2 Å². The maximum Gasteiger partial charge on any atom is 0.411 e. The van der Waals surface area contributed by atoms with Crippen LogP contribution in [0, 0.1) is 3.57 Å². The van der Waals surface area contributed by atoms with Gasteiger partial charge in [0, 0.05) is 21.5 Å². The van der Waals surface area contributed by atoms with Crippen molar-refractivity contribution in [3.05, 3.63) is 21.8 Å². The fraction of sp³-hybridized carbons (Fsp3) is 0.400. The molecule has 7 heteroatoms. The van der Waals surface area contributed by atoms with Gasteiger partial charge < -0.3 is 15.8 Å². The molecule has 0 unspecified atom stereocenters. The number of hydrogen-bond acceptors (Lipinski definition) is 3. The van der Waals surface area contributed by atoms with Crippen molar-refractivity contribution >= 4 is 34.0 Å². The fourth-order valence-corrected chi connectivity index (χ4v) is 1.85. The summed E-state index contributed by atoms with van der Waals surface area (Å²) in [5, 5.41) is 2.97. The molecule has 1 rings (SSSR count). The molecule has 0 saturated carbocycles. The number of nitrogen functional groups attached to an aromatic ring is 1. The standard InChI is InChI=1S/C10H12F3IN2O/c11-10(12,13)6-17-4-3-16-9-2-1-7(15)5-8(9)14/h1-2,5,16H,3-4,6,15H2. The first-order valence-corrected chi connectivity index (χ1v) is 5.90. The molecule has 0 spiro atoms. The first-order chi connectivity index (χ1) is 7.88. The van der Waals surface area contributed by atoms with Crippen molar-refractivity contribution < 1.29 is 17.9 Å². The zero-order valence-corrected chi connectivity index (χ0v) is 11.0. The van der Waals surface area contributed by atoms with Gasteiger partial charge in [-0.05, 0) is 40.8 Å². The second-order valence-corrected chi connectivity index (χ2v) is 4.50. The number of hydrogen-bond donors (Lipinski definition) is 2. The summed E-state index contributed by atoms with van der Waals surface area (Å²) >= 11 is 2.10. The minimum atomic E-state index is -4.27. The zero-order chi connectivity index (χ0) is 12.9. The van der Waals surface area contributed by atoms with Gasteiger partial charge >= 0.3 is 6.18 Å². The second-order valence-electron chi connectivity index (χ2n) is 3.33. The maximum absolute atomic E-state index is 11.8. The highest BCUT2D eigenvalue weighted by Crippen LogP contribution is 2.20. The molecule has 3 nitrogen and oxygen atoms in total. The summed E-state index contributed by atoms with van der Waals surface area (Å²) in [5.74, 6) is 0. The molecule has 0 aliphatic rings. The van der Waals surface area contributed by atoms with E-state index in [0.717, 1.165) is 9.26 Å². The van der Waals surface area contributed by atoms with Crippen LogP contribution in [0.2, 0.25) is 0 Å². The molecular weight excluding hydrogens is 348 g/mol. The van der Waals surface area contributed by atoms with Crippen LogP contribution in [0.1, 0.15) is 0 Å². The summed E-state index contributed by atoms with van der Waals surface area (Å²) in [6.07, 6.45) is -4.27. The molecule has 0 saturated heterocycles. The van der Waals surface area contributed by atoms with E-state index in [-0.39, 0.29) is 6.61 Å². The summed E-state index contributed by atoms with van der Waals surface area (Å²) < 4.78 is 40.6. The molecule has 0 aliphatic carbocycles. The van der Waals surface area contributed by atoms with Gasteiger partial charge in [-0.15, -0.1) is 0 Å². The van der Waals surface area contributed by atoms with Gasteiger partial charge in [0.1, 0.15) is 6.61 Å². The minimum absolute atomic E-state index is 0.0000333. The Labute approximate surface area is 111 Å². The summed E-state index contributed by atoms with van der Waals surface area (Å²) in [5.41, 5.74) is 7.05. The van der Waals surface area contributed by atoms with Crippen LogP contribution in [0.3, 0.4) is 0 Å². The van der Waals surface area contributed by atoms with Crippen LogP contribution in [0.25, 0.3) is 0 Å². The second kappa shape index (κ2) is 6.29. The lowest BCUT2D eigenvalue weighted by molar-refractivity contribution is -0.172. The van der Waals surface area contributed by atoms with Crippen molar-refractivity contribution in [2.24, 2.45) is 0 Å². The Hall–Kier alpha value is -0.700. The topological polar surface area (TPSA) is 47.3 Å². The molecule has 17 heavy (non-hydrogen) atoms. The van der Waals surface area contributed by atoms with Gasteiger partial charge in [0.2, 0.25) is 0 Å². The molecule has 0 amide bonds. The van der Waals surface area contributed by atoms with Crippen LogP contribution >= 0.6 is 22.6 Å². The lowest BCUT2D eigenvalue weighted by Crippen LogP contribution is -2.20. The Morgan fingerprint density at radius 1 is 1.35 bits per heavy atom. The third kappa shape index (κ3) is 5.97. The Kier molecular flexibility index (Phi) is 5.31. The molecule has 0 bridgehead atoms. The number of nitrogens with two attached hydrogens (primary N) is 1. The number of halogens is 4. The Balaban J connectivity index is 2.27. The van der Waals surface area contributed by atoms with Crippen molar-refractivity contribution in [1.82, 2.24) is 0 Å². The summed E-state index contributed by atoms with van der Waals surface area (Å²) in [7, 11) is 0. The van der Waals surface area contributed by atoms with Gasteiger partial charge in [0.15, 0.2) is 0 Å². The molecule has 0 fully saturated rings. The van der Waals surface area contributed by atoms with Crippen molar-refractivity contribution in [2.45, 2.75) is 6.18 Å². The summed E-state index contributed by atoms with van der Waals surface area (Å²) in [6, 6.07) is 5.28. The summed E-state index contributed by atoms with van der Waals surface area (Å²) in [4.78, 5) is 0. The van der Waals surface area contributed by atoms with Crippen LogP contribution in [-0.2, 0) is 4.74 Å². The molecule has 0 aromatic heterocycles. The average molecular weight is 360 g/mol. The van der Waals surface area contributed by atoms with E-state index in [2.05, 4.69) is 32.6 Å². The van der Waals surface area contributed by atoms with Crippen LogP contribution < -0.4 is 11.1 Å². The number of benzene rings is 1.